The first-order valence-corrected chi connectivity index (χ1v) is 9.18. The summed E-state index contributed by atoms with van der Waals surface area (Å²) >= 11 is 0. The van der Waals surface area contributed by atoms with E-state index in [9.17, 15) is 4.57 Å². The van der Waals surface area contributed by atoms with Crippen LogP contribution in [-0.2, 0) is 23.1 Å². The minimum atomic E-state index is -3.77. The molecule has 23 heavy (non-hydrogen) atoms. The third-order valence-corrected chi connectivity index (χ3v) is 4.51. The second-order valence-electron chi connectivity index (χ2n) is 5.34. The summed E-state index contributed by atoms with van der Waals surface area (Å²) in [6, 6.07) is 7.02. The third kappa shape index (κ3) is 5.48. The monoisotopic (exact) mass is 344 g/mol. The fourth-order valence-electron chi connectivity index (χ4n) is 1.74. The van der Waals surface area contributed by atoms with E-state index in [0.29, 0.717) is 31.3 Å². The van der Waals surface area contributed by atoms with Gasteiger partial charge in [0.05, 0.1) is 33.0 Å². The number of phosphoric ester groups is 1. The summed E-state index contributed by atoms with van der Waals surface area (Å²) in [5, 5.41) is 0. The van der Waals surface area contributed by atoms with Gasteiger partial charge in [0, 0.05) is 0 Å². The number of rotatable bonds is 11. The Morgan fingerprint density at radius 1 is 1.09 bits per heavy atom. The van der Waals surface area contributed by atoms with Crippen LogP contribution in [0.3, 0.4) is 0 Å². The molecule has 0 radical (unpaired) electrons. The van der Waals surface area contributed by atoms with Crippen molar-refractivity contribution in [2.75, 3.05) is 33.0 Å². The van der Waals surface area contributed by atoms with Crippen molar-refractivity contribution < 1.29 is 32.3 Å². The summed E-state index contributed by atoms with van der Waals surface area (Å²) in [6.07, 6.45) is 0.774. The number of epoxide rings is 2. The van der Waals surface area contributed by atoms with Crippen LogP contribution in [0, 0.1) is 0 Å². The Hall–Kier alpha value is -1.11. The lowest BCUT2D eigenvalue weighted by molar-refractivity contribution is 0.135. The first-order chi connectivity index (χ1) is 11.2. The molecule has 2 unspecified atom stereocenters. The zero-order chi connectivity index (χ0) is 16.1. The molecule has 7 nitrogen and oxygen atoms in total. The number of phosphoric acid groups is 1. The molecule has 0 saturated carbocycles. The fourth-order valence-corrected chi connectivity index (χ4v) is 3.01. The van der Waals surface area contributed by atoms with Crippen molar-refractivity contribution in [2.45, 2.75) is 25.6 Å². The maximum Gasteiger partial charge on any atom is 0.530 e. The smallest absolute Gasteiger partial charge is 0.490 e. The van der Waals surface area contributed by atoms with E-state index < -0.39 is 7.82 Å². The van der Waals surface area contributed by atoms with Gasteiger partial charge in [-0.3, -0.25) is 9.05 Å². The summed E-state index contributed by atoms with van der Waals surface area (Å²) in [6.45, 7) is 4.08. The molecule has 0 aromatic heterocycles. The second-order valence-corrected chi connectivity index (χ2v) is 6.93. The molecule has 2 atom stereocenters. The van der Waals surface area contributed by atoms with Crippen LogP contribution in [0.2, 0.25) is 0 Å². The summed E-state index contributed by atoms with van der Waals surface area (Å²) < 4.78 is 44.9. The highest BCUT2D eigenvalue weighted by molar-refractivity contribution is 7.48. The molecule has 0 spiro atoms. The summed E-state index contributed by atoms with van der Waals surface area (Å²) in [7, 11) is -3.77. The fraction of sp³-hybridized carbons (Fsp3) is 0.600. The highest BCUT2D eigenvalue weighted by atomic mass is 31.2. The predicted molar refractivity (Wildman–Crippen MR) is 81.8 cm³/mol. The lowest BCUT2D eigenvalue weighted by Crippen LogP contribution is -2.10. The van der Waals surface area contributed by atoms with Gasteiger partial charge >= 0.3 is 7.82 Å². The van der Waals surface area contributed by atoms with E-state index in [0.717, 1.165) is 6.42 Å². The average Bonchev–Trinajstić information content (AvgIpc) is 3.45. The maximum absolute atomic E-state index is 12.8. The molecule has 2 aliphatic rings. The Labute approximate surface area is 135 Å². The van der Waals surface area contributed by atoms with Gasteiger partial charge in [0.2, 0.25) is 0 Å². The van der Waals surface area contributed by atoms with Gasteiger partial charge in [-0.2, -0.15) is 0 Å². The molecule has 3 rings (SSSR count). The van der Waals surface area contributed by atoms with Gasteiger partial charge in [0.15, 0.2) is 11.5 Å². The Morgan fingerprint density at radius 3 is 2.17 bits per heavy atom. The highest BCUT2D eigenvalue weighted by Gasteiger charge is 2.37. The Bertz CT molecular complexity index is 537. The van der Waals surface area contributed by atoms with E-state index in [2.05, 4.69) is 0 Å². The number of para-hydroxylation sites is 2. The third-order valence-electron chi connectivity index (χ3n) is 3.16. The zero-order valence-corrected chi connectivity index (χ0v) is 13.9. The van der Waals surface area contributed by atoms with Crippen molar-refractivity contribution >= 4 is 7.82 Å². The number of hydrogen-bond acceptors (Lipinski definition) is 7. The van der Waals surface area contributed by atoms with Crippen molar-refractivity contribution in [2.24, 2.45) is 0 Å². The van der Waals surface area contributed by atoms with Crippen LogP contribution >= 0.6 is 7.82 Å². The van der Waals surface area contributed by atoms with Gasteiger partial charge in [0.1, 0.15) is 12.2 Å². The van der Waals surface area contributed by atoms with Gasteiger partial charge in [-0.25, -0.2) is 4.57 Å². The van der Waals surface area contributed by atoms with E-state index in [-0.39, 0.29) is 25.4 Å². The zero-order valence-electron chi connectivity index (χ0n) is 13.0. The molecule has 1 aromatic rings. The van der Waals surface area contributed by atoms with Crippen LogP contribution in [-0.4, -0.2) is 45.2 Å². The summed E-state index contributed by atoms with van der Waals surface area (Å²) in [5.74, 6) is 0.838. The van der Waals surface area contributed by atoms with Gasteiger partial charge in [-0.1, -0.05) is 19.1 Å². The molecule has 2 heterocycles. The molecule has 0 amide bonds. The van der Waals surface area contributed by atoms with Crippen LogP contribution in [0.25, 0.3) is 0 Å². The molecule has 1 aromatic carbocycles. The van der Waals surface area contributed by atoms with Gasteiger partial charge in [-0.05, 0) is 18.6 Å². The normalized spacial score (nSPS) is 24.7. The minimum Gasteiger partial charge on any atom is -0.490 e. The topological polar surface area (TPSA) is 79.1 Å². The Kier molecular flexibility index (Phi) is 5.56. The van der Waals surface area contributed by atoms with Gasteiger partial charge in [-0.15, -0.1) is 0 Å². The maximum atomic E-state index is 12.8. The molecule has 2 fully saturated rings. The van der Waals surface area contributed by atoms with Crippen molar-refractivity contribution in [3.05, 3.63) is 24.3 Å². The molecule has 0 bridgehead atoms. The standard InChI is InChI=1S/C15H21O7P/c1-2-7-17-14-5-3-4-6-15(14)22-23(16,20-10-12-8-18-12)21-11-13-9-19-13/h3-6,12-13H,2,7-11H2,1H3. The largest absolute Gasteiger partial charge is 0.530 e. The van der Waals surface area contributed by atoms with Crippen LogP contribution in [0.5, 0.6) is 11.5 Å². The van der Waals surface area contributed by atoms with E-state index in [1.165, 1.54) is 0 Å². The number of ether oxygens (including phenoxy) is 3. The molecule has 0 N–H and O–H groups in total. The Balaban J connectivity index is 1.66. The van der Waals surface area contributed by atoms with E-state index in [1.807, 2.05) is 13.0 Å². The van der Waals surface area contributed by atoms with Gasteiger partial charge in [0.25, 0.3) is 0 Å². The van der Waals surface area contributed by atoms with Crippen molar-refractivity contribution in [1.29, 1.82) is 0 Å². The molecular weight excluding hydrogens is 323 g/mol. The van der Waals surface area contributed by atoms with E-state index >= 15 is 0 Å². The van der Waals surface area contributed by atoms with Crippen LogP contribution in [0.15, 0.2) is 24.3 Å². The SMILES string of the molecule is CCCOc1ccccc1OP(=O)(OCC1CO1)OCC1CO1. The first kappa shape index (κ1) is 16.7. The lowest BCUT2D eigenvalue weighted by atomic mass is 10.3. The Morgan fingerprint density at radius 2 is 1.65 bits per heavy atom. The lowest BCUT2D eigenvalue weighted by Gasteiger charge is -2.19. The van der Waals surface area contributed by atoms with Gasteiger partial charge < -0.3 is 18.7 Å². The van der Waals surface area contributed by atoms with Crippen molar-refractivity contribution in [3.63, 3.8) is 0 Å². The molecule has 8 heteroatoms. The second kappa shape index (κ2) is 7.64. The van der Waals surface area contributed by atoms with Crippen LogP contribution in [0.4, 0.5) is 0 Å². The predicted octanol–water partition coefficient (Wildman–Crippen LogP) is 2.79. The quantitative estimate of drug-likeness (QED) is 0.451. The summed E-state index contributed by atoms with van der Waals surface area (Å²) in [5.41, 5.74) is 0. The molecule has 2 aliphatic heterocycles. The van der Waals surface area contributed by atoms with Crippen molar-refractivity contribution in [3.8, 4) is 11.5 Å². The molecule has 2 saturated heterocycles. The summed E-state index contributed by atoms with van der Waals surface area (Å²) in [4.78, 5) is 0. The minimum absolute atomic E-state index is 0.0423. The average molecular weight is 344 g/mol. The van der Waals surface area contributed by atoms with Crippen LogP contribution < -0.4 is 9.26 Å². The molecule has 0 aliphatic carbocycles. The first-order valence-electron chi connectivity index (χ1n) is 7.72. The molecular formula is C15H21O7P. The number of benzene rings is 1. The molecule has 128 valence electrons. The van der Waals surface area contributed by atoms with E-state index in [4.69, 9.17) is 27.8 Å². The van der Waals surface area contributed by atoms with E-state index in [1.54, 1.807) is 18.2 Å². The highest BCUT2D eigenvalue weighted by Crippen LogP contribution is 2.52. The van der Waals surface area contributed by atoms with Crippen molar-refractivity contribution in [1.82, 2.24) is 0 Å². The number of hydrogen-bond donors (Lipinski definition) is 0. The van der Waals surface area contributed by atoms with Crippen LogP contribution in [0.1, 0.15) is 13.3 Å².